The van der Waals surface area contributed by atoms with Crippen LogP contribution in [0.3, 0.4) is 0 Å². The van der Waals surface area contributed by atoms with Gasteiger partial charge in [0.1, 0.15) is 13.1 Å². The van der Waals surface area contributed by atoms with E-state index in [0.717, 1.165) is 5.56 Å². The summed E-state index contributed by atoms with van der Waals surface area (Å²) >= 11 is 5.84. The molecule has 0 aromatic heterocycles. The molecular formula is C12H9ClN2O. The van der Waals surface area contributed by atoms with E-state index in [1.165, 1.54) is 7.11 Å². The van der Waals surface area contributed by atoms with Gasteiger partial charge in [-0.15, -0.1) is 0 Å². The van der Waals surface area contributed by atoms with Crippen molar-refractivity contribution in [3.63, 3.8) is 0 Å². The number of allylic oxidation sites excluding steroid dienone is 1. The normalized spacial score (nSPS) is 8.75. The molecule has 0 saturated carbocycles. The highest BCUT2D eigenvalue weighted by molar-refractivity contribution is 6.30. The highest BCUT2D eigenvalue weighted by atomic mass is 35.5. The summed E-state index contributed by atoms with van der Waals surface area (Å²) in [7, 11) is 1.45. The van der Waals surface area contributed by atoms with Gasteiger partial charge in [-0.05, 0) is 17.7 Å². The quantitative estimate of drug-likeness (QED) is 0.576. The maximum Gasteiger partial charge on any atom is 0.557 e. The number of hydrogen-bond donors (Lipinski definition) is 0. The SMILES string of the molecule is [C-]#[N+]C([N+]#[C-])=C(Cc1cccc(Cl)c1)OC. The fourth-order valence-electron chi connectivity index (χ4n) is 1.22. The zero-order chi connectivity index (χ0) is 12.0. The molecule has 0 amide bonds. The molecule has 1 aromatic carbocycles. The zero-order valence-corrected chi connectivity index (χ0v) is 9.45. The van der Waals surface area contributed by atoms with Crippen LogP contribution >= 0.6 is 11.6 Å². The molecule has 0 radical (unpaired) electrons. The summed E-state index contributed by atoms with van der Waals surface area (Å²) in [6.45, 7) is 13.7. The molecule has 4 heteroatoms. The Balaban J connectivity index is 3.01. The Bertz CT molecular complexity index is 478. The molecule has 0 aliphatic carbocycles. The minimum Gasteiger partial charge on any atom is -0.504 e. The highest BCUT2D eigenvalue weighted by Gasteiger charge is 2.15. The van der Waals surface area contributed by atoms with E-state index in [-0.39, 0.29) is 5.82 Å². The van der Waals surface area contributed by atoms with Gasteiger partial charge in [0.2, 0.25) is 0 Å². The van der Waals surface area contributed by atoms with Crippen LogP contribution in [0.4, 0.5) is 0 Å². The van der Waals surface area contributed by atoms with Crippen LogP contribution in [0.15, 0.2) is 35.8 Å². The van der Waals surface area contributed by atoms with Gasteiger partial charge < -0.3 is 4.74 Å². The highest BCUT2D eigenvalue weighted by Crippen LogP contribution is 2.18. The van der Waals surface area contributed by atoms with E-state index < -0.39 is 0 Å². The van der Waals surface area contributed by atoms with E-state index in [9.17, 15) is 0 Å². The monoisotopic (exact) mass is 232 g/mol. The van der Waals surface area contributed by atoms with Crippen LogP contribution in [0.1, 0.15) is 5.56 Å². The predicted octanol–water partition coefficient (Wildman–Crippen LogP) is 3.54. The van der Waals surface area contributed by atoms with E-state index in [1.807, 2.05) is 12.1 Å². The third kappa shape index (κ3) is 3.02. The van der Waals surface area contributed by atoms with Crippen LogP contribution in [0.5, 0.6) is 0 Å². The Hall–Kier alpha value is -1.97. The van der Waals surface area contributed by atoms with Crippen molar-refractivity contribution in [2.24, 2.45) is 0 Å². The van der Waals surface area contributed by atoms with Crippen molar-refractivity contribution < 1.29 is 4.74 Å². The zero-order valence-electron chi connectivity index (χ0n) is 8.70. The second-order valence-electron chi connectivity index (χ2n) is 2.98. The van der Waals surface area contributed by atoms with E-state index in [0.29, 0.717) is 17.2 Å². The minimum absolute atomic E-state index is 0.0394. The summed E-state index contributed by atoms with van der Waals surface area (Å²) in [6, 6.07) is 7.24. The topological polar surface area (TPSA) is 18.0 Å². The van der Waals surface area contributed by atoms with E-state index in [1.54, 1.807) is 12.1 Å². The third-order valence-corrected chi connectivity index (χ3v) is 2.20. The van der Waals surface area contributed by atoms with Crippen LogP contribution in [0, 0.1) is 13.1 Å². The van der Waals surface area contributed by atoms with Crippen molar-refractivity contribution in [1.82, 2.24) is 0 Å². The molecule has 0 spiro atoms. The average molecular weight is 233 g/mol. The molecule has 0 saturated heterocycles. The van der Waals surface area contributed by atoms with Crippen molar-refractivity contribution in [3.8, 4) is 0 Å². The smallest absolute Gasteiger partial charge is 0.504 e. The van der Waals surface area contributed by atoms with Gasteiger partial charge in [-0.2, -0.15) is 9.69 Å². The predicted molar refractivity (Wildman–Crippen MR) is 62.4 cm³/mol. The number of rotatable bonds is 3. The molecule has 0 atom stereocenters. The van der Waals surface area contributed by atoms with Crippen molar-refractivity contribution in [2.75, 3.05) is 7.11 Å². The number of ether oxygens (including phenoxy) is 1. The molecule has 0 bridgehead atoms. The number of hydrogen-bond acceptors (Lipinski definition) is 1. The van der Waals surface area contributed by atoms with Crippen LogP contribution in [-0.4, -0.2) is 7.11 Å². The van der Waals surface area contributed by atoms with Crippen LogP contribution < -0.4 is 0 Å². The molecule has 0 aliphatic heterocycles. The standard InChI is InChI=1S/C12H9ClN2O/c1-14-12(15-2)11(16-3)8-9-5-4-6-10(13)7-9/h4-7H,8H2,3H3. The Morgan fingerprint density at radius 3 is 2.56 bits per heavy atom. The summed E-state index contributed by atoms with van der Waals surface area (Å²) in [5, 5.41) is 0.625. The fourth-order valence-corrected chi connectivity index (χ4v) is 1.44. The van der Waals surface area contributed by atoms with Crippen LogP contribution in [0.2, 0.25) is 5.02 Å². The first-order chi connectivity index (χ1) is 7.71. The molecule has 1 aromatic rings. The van der Waals surface area contributed by atoms with Gasteiger partial charge in [-0.1, -0.05) is 23.7 Å². The Kier molecular flexibility index (Phi) is 4.39. The molecule has 0 N–H and O–H groups in total. The van der Waals surface area contributed by atoms with Gasteiger partial charge in [-0.25, -0.2) is 0 Å². The molecule has 0 unspecified atom stereocenters. The first-order valence-electron chi connectivity index (χ1n) is 4.47. The van der Waals surface area contributed by atoms with E-state index >= 15 is 0 Å². The van der Waals surface area contributed by atoms with Gasteiger partial charge in [0.05, 0.1) is 7.11 Å². The second kappa shape index (κ2) is 5.80. The lowest BCUT2D eigenvalue weighted by molar-refractivity contribution is 0.280. The summed E-state index contributed by atoms with van der Waals surface area (Å²) in [4.78, 5) is 6.23. The average Bonchev–Trinajstić information content (AvgIpc) is 2.29. The molecule has 16 heavy (non-hydrogen) atoms. The van der Waals surface area contributed by atoms with Crippen LogP contribution in [0.25, 0.3) is 9.69 Å². The molecule has 0 heterocycles. The maximum absolute atomic E-state index is 6.85. The lowest BCUT2D eigenvalue weighted by atomic mass is 10.1. The first kappa shape index (κ1) is 12.1. The molecule has 1 rings (SSSR count). The van der Waals surface area contributed by atoms with Gasteiger partial charge in [-0.3, -0.25) is 0 Å². The lowest BCUT2D eigenvalue weighted by Crippen LogP contribution is -1.95. The maximum atomic E-state index is 6.85. The van der Waals surface area contributed by atoms with Crippen molar-refractivity contribution in [1.29, 1.82) is 0 Å². The summed E-state index contributed by atoms with van der Waals surface area (Å²) in [5.74, 6) is 0.328. The van der Waals surface area contributed by atoms with Crippen molar-refractivity contribution in [3.05, 3.63) is 69.3 Å². The first-order valence-corrected chi connectivity index (χ1v) is 4.85. The fraction of sp³-hybridized carbons (Fsp3) is 0.167. The van der Waals surface area contributed by atoms with Crippen molar-refractivity contribution in [2.45, 2.75) is 6.42 Å². The van der Waals surface area contributed by atoms with E-state index in [4.69, 9.17) is 29.5 Å². The van der Waals surface area contributed by atoms with Gasteiger partial charge in [0.15, 0.2) is 5.76 Å². The molecular weight excluding hydrogens is 224 g/mol. The third-order valence-electron chi connectivity index (χ3n) is 1.96. The molecule has 0 fully saturated rings. The Morgan fingerprint density at radius 2 is 2.06 bits per heavy atom. The summed E-state index contributed by atoms with van der Waals surface area (Å²) in [6.07, 6.45) is 0.400. The van der Waals surface area contributed by atoms with Crippen LogP contribution in [-0.2, 0) is 11.2 Å². The second-order valence-corrected chi connectivity index (χ2v) is 3.42. The Morgan fingerprint density at radius 1 is 1.38 bits per heavy atom. The largest absolute Gasteiger partial charge is 0.557 e. The number of methoxy groups -OCH3 is 1. The summed E-state index contributed by atoms with van der Waals surface area (Å²) in [5.41, 5.74) is 0.911. The number of benzene rings is 1. The molecule has 3 nitrogen and oxygen atoms in total. The molecule has 0 aliphatic rings. The van der Waals surface area contributed by atoms with Gasteiger partial charge in [0, 0.05) is 11.4 Å². The lowest BCUT2D eigenvalue weighted by Gasteiger charge is -2.03. The van der Waals surface area contributed by atoms with Crippen molar-refractivity contribution >= 4 is 11.6 Å². The summed E-state index contributed by atoms with van der Waals surface area (Å²) < 4.78 is 5.05. The molecule has 80 valence electrons. The number of nitrogens with zero attached hydrogens (tertiary/aromatic N) is 2. The van der Waals surface area contributed by atoms with E-state index in [2.05, 4.69) is 9.69 Å². The Labute approximate surface area is 99.6 Å². The minimum atomic E-state index is -0.0394. The van der Waals surface area contributed by atoms with Gasteiger partial charge in [0.25, 0.3) is 0 Å². The van der Waals surface area contributed by atoms with Gasteiger partial charge >= 0.3 is 5.82 Å². The number of halogens is 1.